The SMILES string of the molecule is CCC1c2cc3[nH]c4c(c3C)C(=O)C(C(=O)OC)c4c3nc(cc4[nH]c(cc(n2)C1C)c(C(C)=O)c4C)C(C)C3CCC(=O)OC/C=C(\C)CCCC(C)CCCC(C)CCCC(C)C. The molecule has 0 aromatic carbocycles. The number of H-pyrrole nitrogens is 2. The van der Waals surface area contributed by atoms with Crippen LogP contribution >= 0.6 is 0 Å². The number of nitrogens with one attached hydrogen (secondary N) is 2. The summed E-state index contributed by atoms with van der Waals surface area (Å²) in [5, 5.41) is 0. The van der Waals surface area contributed by atoms with Gasteiger partial charge in [0.25, 0.3) is 0 Å². The molecule has 3 aliphatic rings. The van der Waals surface area contributed by atoms with Crippen molar-refractivity contribution in [1.82, 2.24) is 19.9 Å². The van der Waals surface area contributed by atoms with Crippen molar-refractivity contribution in [2.75, 3.05) is 13.7 Å². The van der Waals surface area contributed by atoms with Crippen molar-refractivity contribution >= 4 is 45.6 Å². The molecule has 10 heteroatoms. The van der Waals surface area contributed by atoms with Gasteiger partial charge < -0.3 is 19.4 Å². The summed E-state index contributed by atoms with van der Waals surface area (Å²) in [4.78, 5) is 72.1. The van der Waals surface area contributed by atoms with Gasteiger partial charge in [0.2, 0.25) is 0 Å². The zero-order chi connectivity index (χ0) is 47.3. The van der Waals surface area contributed by atoms with Gasteiger partial charge in [-0.2, -0.15) is 0 Å². The third kappa shape index (κ3) is 11.1. The van der Waals surface area contributed by atoms with Crippen LogP contribution in [0.25, 0.3) is 22.1 Å². The molecule has 352 valence electrons. The van der Waals surface area contributed by atoms with Gasteiger partial charge in [-0.1, -0.05) is 99.0 Å². The van der Waals surface area contributed by atoms with E-state index in [4.69, 9.17) is 19.4 Å². The highest BCUT2D eigenvalue weighted by Crippen LogP contribution is 2.48. The molecule has 2 aliphatic heterocycles. The van der Waals surface area contributed by atoms with E-state index in [-0.39, 0.29) is 54.2 Å². The molecular weight excluding hydrogens is 813 g/mol. The monoisotopic (exact) mass is 889 g/mol. The highest BCUT2D eigenvalue weighted by molar-refractivity contribution is 6.23. The summed E-state index contributed by atoms with van der Waals surface area (Å²) in [6, 6.07) is 5.99. The van der Waals surface area contributed by atoms with Crippen LogP contribution in [0.3, 0.4) is 0 Å². The molecule has 0 saturated carbocycles. The van der Waals surface area contributed by atoms with Crippen LogP contribution in [-0.4, -0.2) is 57.2 Å². The first-order chi connectivity index (χ1) is 30.9. The third-order valence-electron chi connectivity index (χ3n) is 14.9. The first-order valence-corrected chi connectivity index (χ1v) is 24.7. The summed E-state index contributed by atoms with van der Waals surface area (Å²) in [7, 11) is 1.30. The second-order valence-corrected chi connectivity index (χ2v) is 20.3. The Morgan fingerprint density at radius 1 is 0.769 bits per heavy atom. The fourth-order valence-corrected chi connectivity index (χ4v) is 10.8. The van der Waals surface area contributed by atoms with Gasteiger partial charge >= 0.3 is 11.9 Å². The molecular formula is C55H76N4O6. The standard InChI is InChI=1S/C55H76N4O6/c1-13-39-34(7)41-29-46-48(38(11)60)36(9)43(57-46)27-42-35(8)40(52(58-42)50-51(55(63)64-12)54(62)49-37(10)44(59-53(49)50)28-45(39)56-41)23-24-47(61)65-26-25-33(6)22-16-21-32(5)20-15-19-31(4)18-14-17-30(2)3/h25,27-32,34-35,39-40,51,57,59H,13-24,26H2,1-12H3/b33-25+,41-29?,42-27?,43-27?,44-28?,45-28?,46-29?,52-50?. The Bertz CT molecular complexity index is 2450. The number of Topliss-reactive ketones (excluding diaryl/α,β-unsaturated/α-hetero) is 2. The summed E-state index contributed by atoms with van der Waals surface area (Å²) >= 11 is 0. The minimum atomic E-state index is -1.21. The van der Waals surface area contributed by atoms with Crippen molar-refractivity contribution in [2.24, 2.45) is 17.8 Å². The van der Waals surface area contributed by atoms with Gasteiger partial charge in [-0.15, -0.1) is 0 Å². The third-order valence-corrected chi connectivity index (χ3v) is 14.9. The molecule has 7 atom stereocenters. The molecule has 1 aliphatic carbocycles. The van der Waals surface area contributed by atoms with Gasteiger partial charge in [0.1, 0.15) is 12.5 Å². The van der Waals surface area contributed by atoms with Gasteiger partial charge in [-0.3, -0.25) is 29.1 Å². The molecule has 3 aromatic heterocycles. The van der Waals surface area contributed by atoms with Crippen molar-refractivity contribution in [1.29, 1.82) is 0 Å². The van der Waals surface area contributed by atoms with E-state index in [1.165, 1.54) is 57.6 Å². The lowest BCUT2D eigenvalue weighted by molar-refractivity contribution is -0.143. The topological polar surface area (TPSA) is 144 Å². The number of hydrogen-bond donors (Lipinski definition) is 2. The number of ketones is 2. The van der Waals surface area contributed by atoms with Crippen molar-refractivity contribution in [2.45, 2.75) is 183 Å². The van der Waals surface area contributed by atoms with Crippen molar-refractivity contribution < 1.29 is 28.7 Å². The average molecular weight is 889 g/mol. The summed E-state index contributed by atoms with van der Waals surface area (Å²) < 4.78 is 11.1. The Balaban J connectivity index is 1.25. The highest BCUT2D eigenvalue weighted by atomic mass is 16.5. The number of aromatic nitrogens is 4. The number of aryl methyl sites for hydroxylation is 2. The molecule has 6 rings (SSSR count). The number of allylic oxidation sites excluding steroid dienone is 1. The molecule has 8 bridgehead atoms. The Hall–Kier alpha value is -4.86. The predicted molar refractivity (Wildman–Crippen MR) is 261 cm³/mol. The Labute approximate surface area is 387 Å². The smallest absolute Gasteiger partial charge is 0.321 e. The molecule has 7 unspecified atom stereocenters. The van der Waals surface area contributed by atoms with E-state index in [1.807, 2.05) is 38.1 Å². The molecule has 0 fully saturated rings. The van der Waals surface area contributed by atoms with Gasteiger partial charge in [-0.05, 0) is 107 Å². The summed E-state index contributed by atoms with van der Waals surface area (Å²) in [5.41, 5.74) is 10.1. The number of carbonyl (C=O) groups excluding carboxylic acids is 4. The average Bonchev–Trinajstić information content (AvgIpc) is 4.00. The molecule has 2 N–H and O–H groups in total. The van der Waals surface area contributed by atoms with Crippen molar-refractivity contribution in [3.05, 3.63) is 80.4 Å². The first-order valence-electron chi connectivity index (χ1n) is 24.7. The quantitative estimate of drug-likeness (QED) is 0.0494. The number of aromatic amines is 2. The maximum atomic E-state index is 14.4. The lowest BCUT2D eigenvalue weighted by Crippen LogP contribution is -2.21. The number of fused-ring (bicyclic) bond motifs is 8. The van der Waals surface area contributed by atoms with Gasteiger partial charge in [0, 0.05) is 74.9 Å². The molecule has 5 heterocycles. The van der Waals surface area contributed by atoms with Crippen molar-refractivity contribution in [3.8, 4) is 0 Å². The zero-order valence-corrected chi connectivity index (χ0v) is 41.5. The molecule has 0 amide bonds. The van der Waals surface area contributed by atoms with Gasteiger partial charge in [0.15, 0.2) is 11.6 Å². The minimum Gasteiger partial charge on any atom is -0.468 e. The largest absolute Gasteiger partial charge is 0.468 e. The minimum absolute atomic E-state index is 0.0532. The number of hydrogen-bond acceptors (Lipinski definition) is 8. The van der Waals surface area contributed by atoms with E-state index in [0.717, 1.165) is 70.3 Å². The second kappa shape index (κ2) is 21.6. The number of carbonyl (C=O) groups is 4. The number of esters is 2. The van der Waals surface area contributed by atoms with E-state index in [1.54, 1.807) is 6.92 Å². The van der Waals surface area contributed by atoms with Crippen LogP contribution in [0.1, 0.15) is 229 Å². The summed E-state index contributed by atoms with van der Waals surface area (Å²) in [5.74, 6) is -0.573. The van der Waals surface area contributed by atoms with Gasteiger partial charge in [0.05, 0.1) is 23.8 Å². The molecule has 0 radical (unpaired) electrons. The predicted octanol–water partition coefficient (Wildman–Crippen LogP) is 13.5. The Morgan fingerprint density at radius 3 is 2.02 bits per heavy atom. The maximum Gasteiger partial charge on any atom is 0.321 e. The van der Waals surface area contributed by atoms with Crippen LogP contribution in [-0.2, 0) is 19.1 Å². The zero-order valence-electron chi connectivity index (χ0n) is 41.5. The Kier molecular flexibility index (Phi) is 16.5. The molecule has 10 nitrogen and oxygen atoms in total. The molecule has 0 spiro atoms. The van der Waals surface area contributed by atoms with Crippen LogP contribution < -0.4 is 0 Å². The second-order valence-electron chi connectivity index (χ2n) is 20.3. The van der Waals surface area contributed by atoms with E-state index in [0.29, 0.717) is 45.8 Å². The summed E-state index contributed by atoms with van der Waals surface area (Å²) in [6.07, 6.45) is 14.6. The normalized spacial score (nSPS) is 20.4. The van der Waals surface area contributed by atoms with Gasteiger partial charge in [-0.25, -0.2) is 0 Å². The van der Waals surface area contributed by atoms with E-state index in [2.05, 4.69) is 65.4 Å². The van der Waals surface area contributed by atoms with Crippen LogP contribution in [0.15, 0.2) is 29.8 Å². The van der Waals surface area contributed by atoms with Crippen molar-refractivity contribution in [3.63, 3.8) is 0 Å². The first kappa shape index (κ1) is 49.6. The van der Waals surface area contributed by atoms with Crippen LogP contribution in [0, 0.1) is 31.6 Å². The number of nitrogens with zero attached hydrogens (tertiary/aromatic N) is 2. The summed E-state index contributed by atoms with van der Waals surface area (Å²) in [6.45, 7) is 23.5. The highest BCUT2D eigenvalue weighted by Gasteiger charge is 2.45. The molecule has 65 heavy (non-hydrogen) atoms. The van der Waals surface area contributed by atoms with Crippen LogP contribution in [0.5, 0.6) is 0 Å². The lowest BCUT2D eigenvalue weighted by atomic mass is 9.84. The fraction of sp³-hybridized carbons (Fsp3) is 0.600. The maximum absolute atomic E-state index is 14.4. The number of rotatable bonds is 20. The van der Waals surface area contributed by atoms with E-state index in [9.17, 15) is 19.2 Å². The number of methoxy groups -OCH3 is 1. The molecule has 0 saturated heterocycles. The lowest BCUT2D eigenvalue weighted by Gasteiger charge is -2.18. The molecule has 3 aromatic rings. The van der Waals surface area contributed by atoms with E-state index < -0.39 is 11.9 Å². The van der Waals surface area contributed by atoms with Crippen LogP contribution in [0.2, 0.25) is 0 Å². The number of ether oxygens (including phenoxy) is 2. The van der Waals surface area contributed by atoms with E-state index >= 15 is 0 Å². The fourth-order valence-electron chi connectivity index (χ4n) is 10.8. The van der Waals surface area contributed by atoms with Crippen LogP contribution in [0.4, 0.5) is 0 Å². The Morgan fingerprint density at radius 2 is 1.37 bits per heavy atom.